The standard InChI is InChI=1S/C15H16N6O3/c1-9(14-17-10(2)19-24-14)16-13(22)7-8-21-15(23)11-5-3-4-6-12(11)18-20-21/h3-6,9H,7-8H2,1-2H3,(H,16,22)/t9-/m1/s1. The fourth-order valence-electron chi connectivity index (χ4n) is 2.24. The Kier molecular flexibility index (Phi) is 4.32. The summed E-state index contributed by atoms with van der Waals surface area (Å²) in [5, 5.41) is 14.7. The Morgan fingerprint density at radius 3 is 2.92 bits per heavy atom. The first-order valence-electron chi connectivity index (χ1n) is 7.46. The van der Waals surface area contributed by atoms with E-state index >= 15 is 0 Å². The molecule has 0 aliphatic heterocycles. The third-order valence-corrected chi connectivity index (χ3v) is 3.47. The van der Waals surface area contributed by atoms with Gasteiger partial charge in [-0.2, -0.15) is 4.98 Å². The second-order valence-corrected chi connectivity index (χ2v) is 5.35. The molecule has 0 aliphatic rings. The van der Waals surface area contributed by atoms with Gasteiger partial charge in [-0.15, -0.1) is 5.10 Å². The van der Waals surface area contributed by atoms with E-state index in [9.17, 15) is 9.59 Å². The predicted molar refractivity (Wildman–Crippen MR) is 84.0 cm³/mol. The Hall–Kier alpha value is -3.10. The molecule has 24 heavy (non-hydrogen) atoms. The Balaban J connectivity index is 1.64. The average molecular weight is 328 g/mol. The Morgan fingerprint density at radius 2 is 2.17 bits per heavy atom. The first-order valence-corrected chi connectivity index (χ1v) is 7.46. The van der Waals surface area contributed by atoms with E-state index in [1.807, 2.05) is 0 Å². The number of nitrogens with zero attached hydrogens (tertiary/aromatic N) is 5. The van der Waals surface area contributed by atoms with Crippen LogP contribution in [0.25, 0.3) is 10.9 Å². The van der Waals surface area contributed by atoms with Gasteiger partial charge < -0.3 is 9.84 Å². The van der Waals surface area contributed by atoms with Gasteiger partial charge in [0.25, 0.3) is 5.56 Å². The Labute approximate surface area is 136 Å². The molecule has 0 fully saturated rings. The van der Waals surface area contributed by atoms with Gasteiger partial charge in [0, 0.05) is 6.42 Å². The van der Waals surface area contributed by atoms with Crippen molar-refractivity contribution < 1.29 is 9.32 Å². The van der Waals surface area contributed by atoms with Crippen molar-refractivity contribution in [3.8, 4) is 0 Å². The molecule has 1 atom stereocenters. The zero-order chi connectivity index (χ0) is 17.1. The predicted octanol–water partition coefficient (Wildman–Crippen LogP) is 0.750. The fourth-order valence-corrected chi connectivity index (χ4v) is 2.24. The number of carbonyl (C=O) groups excluding carboxylic acids is 1. The van der Waals surface area contributed by atoms with Crippen molar-refractivity contribution in [1.29, 1.82) is 0 Å². The highest BCUT2D eigenvalue weighted by Gasteiger charge is 2.16. The van der Waals surface area contributed by atoms with Gasteiger partial charge in [-0.3, -0.25) is 9.59 Å². The van der Waals surface area contributed by atoms with Crippen molar-refractivity contribution >= 4 is 16.8 Å². The summed E-state index contributed by atoms with van der Waals surface area (Å²) in [6, 6.07) is 6.54. The number of aromatic nitrogens is 5. The summed E-state index contributed by atoms with van der Waals surface area (Å²) in [7, 11) is 0. The van der Waals surface area contributed by atoms with Crippen LogP contribution in [0.2, 0.25) is 0 Å². The van der Waals surface area contributed by atoms with E-state index in [1.54, 1.807) is 38.1 Å². The lowest BCUT2D eigenvalue weighted by atomic mass is 10.2. The smallest absolute Gasteiger partial charge is 0.277 e. The summed E-state index contributed by atoms with van der Waals surface area (Å²) in [4.78, 5) is 28.4. The van der Waals surface area contributed by atoms with Crippen molar-refractivity contribution in [2.75, 3.05) is 0 Å². The van der Waals surface area contributed by atoms with Gasteiger partial charge in [-0.1, -0.05) is 22.5 Å². The Morgan fingerprint density at radius 1 is 1.38 bits per heavy atom. The largest absolute Gasteiger partial charge is 0.345 e. The third kappa shape index (κ3) is 3.29. The first-order chi connectivity index (χ1) is 11.5. The van der Waals surface area contributed by atoms with Crippen molar-refractivity contribution in [1.82, 2.24) is 30.5 Å². The lowest BCUT2D eigenvalue weighted by Crippen LogP contribution is -2.30. The maximum Gasteiger partial charge on any atom is 0.277 e. The summed E-state index contributed by atoms with van der Waals surface area (Å²) in [5.41, 5.74) is 0.262. The average Bonchev–Trinajstić information content (AvgIpc) is 3.01. The van der Waals surface area contributed by atoms with Crippen molar-refractivity contribution in [2.45, 2.75) is 32.9 Å². The van der Waals surface area contributed by atoms with Crippen LogP contribution < -0.4 is 10.9 Å². The van der Waals surface area contributed by atoms with Gasteiger partial charge >= 0.3 is 0 Å². The number of hydrogen-bond donors (Lipinski definition) is 1. The highest BCUT2D eigenvalue weighted by Crippen LogP contribution is 2.09. The SMILES string of the molecule is Cc1noc([C@@H](C)NC(=O)CCn2nnc3ccccc3c2=O)n1. The molecular weight excluding hydrogens is 312 g/mol. The van der Waals surface area contributed by atoms with Crippen LogP contribution >= 0.6 is 0 Å². The molecule has 0 unspecified atom stereocenters. The Bertz CT molecular complexity index is 932. The lowest BCUT2D eigenvalue weighted by molar-refractivity contribution is -0.122. The number of rotatable bonds is 5. The monoisotopic (exact) mass is 328 g/mol. The fraction of sp³-hybridized carbons (Fsp3) is 0.333. The van der Waals surface area contributed by atoms with Crippen LogP contribution in [0.4, 0.5) is 0 Å². The van der Waals surface area contributed by atoms with Gasteiger partial charge in [0.2, 0.25) is 11.8 Å². The molecule has 0 bridgehead atoms. The van der Waals surface area contributed by atoms with Gasteiger partial charge in [-0.25, -0.2) is 4.68 Å². The molecule has 124 valence electrons. The molecule has 0 saturated heterocycles. The maximum atomic E-state index is 12.3. The van der Waals surface area contributed by atoms with Gasteiger partial charge in [0.1, 0.15) is 11.6 Å². The molecule has 2 heterocycles. The molecule has 1 N–H and O–H groups in total. The first kappa shape index (κ1) is 15.8. The molecule has 0 aliphatic carbocycles. The van der Waals surface area contributed by atoms with E-state index in [-0.39, 0.29) is 24.4 Å². The van der Waals surface area contributed by atoms with Crippen LogP contribution in [0, 0.1) is 6.92 Å². The number of hydrogen-bond acceptors (Lipinski definition) is 7. The summed E-state index contributed by atoms with van der Waals surface area (Å²) in [6.07, 6.45) is 0.0877. The molecule has 3 aromatic rings. The van der Waals surface area contributed by atoms with E-state index < -0.39 is 6.04 Å². The van der Waals surface area contributed by atoms with E-state index in [2.05, 4.69) is 25.8 Å². The van der Waals surface area contributed by atoms with E-state index in [0.717, 1.165) is 0 Å². The number of amides is 1. The van der Waals surface area contributed by atoms with Crippen LogP contribution in [-0.4, -0.2) is 31.0 Å². The summed E-state index contributed by atoms with van der Waals surface area (Å²) < 4.78 is 6.19. The quantitative estimate of drug-likeness (QED) is 0.734. The molecule has 0 spiro atoms. The summed E-state index contributed by atoms with van der Waals surface area (Å²) in [5.74, 6) is 0.591. The van der Waals surface area contributed by atoms with Crippen LogP contribution in [0.1, 0.15) is 31.1 Å². The van der Waals surface area contributed by atoms with Crippen molar-refractivity contribution in [2.24, 2.45) is 0 Å². The molecule has 2 aromatic heterocycles. The lowest BCUT2D eigenvalue weighted by Gasteiger charge is -2.10. The minimum atomic E-state index is -0.405. The molecule has 0 radical (unpaired) electrons. The molecular formula is C15H16N6O3. The van der Waals surface area contributed by atoms with Crippen molar-refractivity contribution in [3.63, 3.8) is 0 Å². The third-order valence-electron chi connectivity index (χ3n) is 3.47. The molecule has 9 heteroatoms. The van der Waals surface area contributed by atoms with E-state index in [1.165, 1.54) is 4.68 Å². The highest BCUT2D eigenvalue weighted by molar-refractivity contribution is 5.77. The number of carbonyl (C=O) groups is 1. The van der Waals surface area contributed by atoms with E-state index in [4.69, 9.17) is 4.52 Å². The van der Waals surface area contributed by atoms with Gasteiger partial charge in [-0.05, 0) is 26.0 Å². The molecule has 1 aromatic carbocycles. The maximum absolute atomic E-state index is 12.3. The zero-order valence-corrected chi connectivity index (χ0v) is 13.3. The van der Waals surface area contributed by atoms with Gasteiger partial charge in [0.05, 0.1) is 11.9 Å². The minimum absolute atomic E-state index is 0.0877. The molecule has 0 saturated carbocycles. The van der Waals surface area contributed by atoms with Crippen molar-refractivity contribution in [3.05, 3.63) is 46.3 Å². The zero-order valence-electron chi connectivity index (χ0n) is 13.3. The number of benzene rings is 1. The molecule has 1 amide bonds. The highest BCUT2D eigenvalue weighted by atomic mass is 16.5. The number of nitrogens with one attached hydrogen (secondary N) is 1. The van der Waals surface area contributed by atoms with Crippen LogP contribution in [0.5, 0.6) is 0 Å². The second-order valence-electron chi connectivity index (χ2n) is 5.35. The number of aryl methyl sites for hydroxylation is 2. The second kappa shape index (κ2) is 6.57. The molecule has 3 rings (SSSR count). The normalized spacial score (nSPS) is 12.2. The topological polar surface area (TPSA) is 116 Å². The van der Waals surface area contributed by atoms with Gasteiger partial charge in [0.15, 0.2) is 5.82 Å². The summed E-state index contributed by atoms with van der Waals surface area (Å²) in [6.45, 7) is 3.58. The summed E-state index contributed by atoms with van der Waals surface area (Å²) >= 11 is 0. The minimum Gasteiger partial charge on any atom is -0.345 e. The van der Waals surface area contributed by atoms with E-state index in [0.29, 0.717) is 22.6 Å². The molecule has 9 nitrogen and oxygen atoms in total. The number of fused-ring (bicyclic) bond motifs is 1. The van der Waals surface area contributed by atoms with Crippen LogP contribution in [0.15, 0.2) is 33.6 Å². The van der Waals surface area contributed by atoms with Crippen LogP contribution in [0.3, 0.4) is 0 Å². The van der Waals surface area contributed by atoms with Crippen LogP contribution in [-0.2, 0) is 11.3 Å².